The van der Waals surface area contributed by atoms with E-state index >= 15 is 0 Å². The second-order valence-electron chi connectivity index (χ2n) is 4.85. The van der Waals surface area contributed by atoms with Crippen LogP contribution < -0.4 is 4.74 Å². The lowest BCUT2D eigenvalue weighted by Gasteiger charge is -2.09. The molecule has 126 valence electrons. The summed E-state index contributed by atoms with van der Waals surface area (Å²) in [6.07, 6.45) is -0.265. The van der Waals surface area contributed by atoms with Gasteiger partial charge in [0.05, 0.1) is 12.7 Å². The van der Waals surface area contributed by atoms with Gasteiger partial charge in [-0.25, -0.2) is 0 Å². The number of methoxy groups -OCH3 is 1. The normalized spacial score (nSPS) is 11.7. The van der Waals surface area contributed by atoms with E-state index in [4.69, 9.17) is 4.74 Å². The summed E-state index contributed by atoms with van der Waals surface area (Å²) in [5, 5.41) is 0. The second-order valence-corrected chi connectivity index (χ2v) is 5.70. The van der Waals surface area contributed by atoms with Crippen LogP contribution in [0.15, 0.2) is 53.4 Å². The Morgan fingerprint density at radius 3 is 2.50 bits per heavy atom. The summed E-state index contributed by atoms with van der Waals surface area (Å²) in [7, 11) is 1.50. The fourth-order valence-corrected chi connectivity index (χ4v) is 2.70. The Hall–Kier alpha value is -2.21. The van der Waals surface area contributed by atoms with Crippen LogP contribution in [0.4, 0.5) is 13.2 Å². The number of alkyl halides is 3. The molecule has 0 unspecified atom stereocenters. The van der Waals surface area contributed by atoms with E-state index in [0.29, 0.717) is 11.3 Å². The first-order valence-corrected chi connectivity index (χ1v) is 8.20. The van der Waals surface area contributed by atoms with Gasteiger partial charge in [-0.3, -0.25) is 4.79 Å². The quantitative estimate of drug-likeness (QED) is 0.413. The van der Waals surface area contributed by atoms with Gasteiger partial charge in [-0.1, -0.05) is 24.3 Å². The van der Waals surface area contributed by atoms with Gasteiger partial charge in [0.15, 0.2) is 5.78 Å². The minimum atomic E-state index is -4.47. The molecule has 2 rings (SSSR count). The van der Waals surface area contributed by atoms with Crippen LogP contribution in [-0.4, -0.2) is 19.1 Å². The van der Waals surface area contributed by atoms with Gasteiger partial charge in [-0.2, -0.15) is 13.2 Å². The molecule has 0 aliphatic rings. The van der Waals surface area contributed by atoms with Crippen LogP contribution in [0.2, 0.25) is 0 Å². The van der Waals surface area contributed by atoms with Crippen molar-refractivity contribution in [1.82, 2.24) is 0 Å². The van der Waals surface area contributed by atoms with Crippen molar-refractivity contribution >= 4 is 23.6 Å². The molecule has 0 amide bonds. The predicted octanol–water partition coefficient (Wildman–Crippen LogP) is 5.33. The maximum Gasteiger partial charge on any atom is 0.416 e. The molecule has 0 radical (unpaired) electrons. The Kier molecular flexibility index (Phi) is 5.72. The van der Waals surface area contributed by atoms with E-state index in [9.17, 15) is 18.0 Å². The molecule has 0 atom stereocenters. The van der Waals surface area contributed by atoms with Gasteiger partial charge >= 0.3 is 6.18 Å². The first-order chi connectivity index (χ1) is 11.4. The zero-order valence-electron chi connectivity index (χ0n) is 13.1. The zero-order valence-corrected chi connectivity index (χ0v) is 13.9. The van der Waals surface area contributed by atoms with Crippen molar-refractivity contribution in [1.29, 1.82) is 0 Å². The van der Waals surface area contributed by atoms with Gasteiger partial charge in [0.1, 0.15) is 5.75 Å². The van der Waals surface area contributed by atoms with E-state index in [1.54, 1.807) is 18.2 Å². The molecule has 0 heterocycles. The van der Waals surface area contributed by atoms with Crippen LogP contribution in [0.3, 0.4) is 0 Å². The largest absolute Gasteiger partial charge is 0.496 e. The van der Waals surface area contributed by atoms with Gasteiger partial charge < -0.3 is 4.74 Å². The van der Waals surface area contributed by atoms with Crippen molar-refractivity contribution in [3.05, 3.63) is 65.2 Å². The molecule has 0 bridgehead atoms. The van der Waals surface area contributed by atoms with Crippen LogP contribution in [0.1, 0.15) is 21.5 Å². The molecule has 2 aromatic carbocycles. The number of hydrogen-bond acceptors (Lipinski definition) is 3. The van der Waals surface area contributed by atoms with Crippen molar-refractivity contribution in [2.45, 2.75) is 11.1 Å². The lowest BCUT2D eigenvalue weighted by molar-refractivity contribution is -0.137. The number of halogens is 3. The van der Waals surface area contributed by atoms with E-state index in [1.165, 1.54) is 43.1 Å². The van der Waals surface area contributed by atoms with Gasteiger partial charge in [-0.15, -0.1) is 11.8 Å². The lowest BCUT2D eigenvalue weighted by atomic mass is 10.0. The molecule has 0 fully saturated rings. The van der Waals surface area contributed by atoms with Crippen molar-refractivity contribution in [3.63, 3.8) is 0 Å². The summed E-state index contributed by atoms with van der Waals surface area (Å²) >= 11 is 1.48. The van der Waals surface area contributed by atoms with Gasteiger partial charge in [0, 0.05) is 10.5 Å². The third-order valence-corrected chi connectivity index (χ3v) is 4.13. The Balaban J connectivity index is 2.29. The molecule has 24 heavy (non-hydrogen) atoms. The van der Waals surface area contributed by atoms with Crippen LogP contribution >= 0.6 is 11.8 Å². The van der Waals surface area contributed by atoms with E-state index < -0.39 is 17.5 Å². The zero-order chi connectivity index (χ0) is 17.7. The van der Waals surface area contributed by atoms with Crippen molar-refractivity contribution in [3.8, 4) is 5.75 Å². The van der Waals surface area contributed by atoms with Crippen LogP contribution in [0.5, 0.6) is 5.75 Å². The SMILES string of the molecule is COc1cc(C(=O)C=Cc2ccccc2C(F)(F)F)ccc1SC. The Morgan fingerprint density at radius 1 is 1.17 bits per heavy atom. The summed E-state index contributed by atoms with van der Waals surface area (Å²) in [6.45, 7) is 0. The highest BCUT2D eigenvalue weighted by atomic mass is 32.2. The van der Waals surface area contributed by atoms with Crippen molar-refractivity contribution in [2.24, 2.45) is 0 Å². The maximum atomic E-state index is 12.9. The molecule has 0 N–H and O–H groups in total. The number of ketones is 1. The van der Waals surface area contributed by atoms with Crippen LogP contribution in [0, 0.1) is 0 Å². The Morgan fingerprint density at radius 2 is 1.88 bits per heavy atom. The molecule has 0 saturated carbocycles. The van der Waals surface area contributed by atoms with E-state index in [0.717, 1.165) is 17.0 Å². The number of benzene rings is 2. The molecular formula is C18H15F3O2S. The molecule has 0 saturated heterocycles. The van der Waals surface area contributed by atoms with Crippen LogP contribution in [0.25, 0.3) is 6.08 Å². The minimum Gasteiger partial charge on any atom is -0.496 e. The van der Waals surface area contributed by atoms with Crippen molar-refractivity contribution < 1.29 is 22.7 Å². The average Bonchev–Trinajstić information content (AvgIpc) is 2.58. The summed E-state index contributed by atoms with van der Waals surface area (Å²) in [6, 6.07) is 10.1. The summed E-state index contributed by atoms with van der Waals surface area (Å²) in [5.41, 5.74) is -0.471. The summed E-state index contributed by atoms with van der Waals surface area (Å²) < 4.78 is 44.0. The first-order valence-electron chi connectivity index (χ1n) is 6.97. The molecule has 2 nitrogen and oxygen atoms in total. The Labute approximate surface area is 142 Å². The molecule has 0 spiro atoms. The Bertz CT molecular complexity index is 767. The second kappa shape index (κ2) is 7.57. The minimum absolute atomic E-state index is 0.0500. The average molecular weight is 352 g/mol. The van der Waals surface area contributed by atoms with Gasteiger partial charge in [-0.05, 0) is 42.2 Å². The van der Waals surface area contributed by atoms with E-state index in [-0.39, 0.29) is 5.56 Å². The first kappa shape index (κ1) is 18.1. The van der Waals surface area contributed by atoms with Crippen LogP contribution in [-0.2, 0) is 6.18 Å². The molecular weight excluding hydrogens is 337 g/mol. The highest BCUT2D eigenvalue weighted by Gasteiger charge is 2.32. The number of ether oxygens (including phenoxy) is 1. The monoisotopic (exact) mass is 352 g/mol. The third-order valence-electron chi connectivity index (χ3n) is 3.35. The molecule has 0 aliphatic heterocycles. The smallest absolute Gasteiger partial charge is 0.416 e. The number of rotatable bonds is 5. The fraction of sp³-hybridized carbons (Fsp3) is 0.167. The number of allylic oxidation sites excluding steroid dienone is 1. The molecule has 2 aromatic rings. The molecule has 6 heteroatoms. The van der Waals surface area contributed by atoms with Crippen molar-refractivity contribution in [2.75, 3.05) is 13.4 Å². The summed E-state index contributed by atoms with van der Waals surface area (Å²) in [4.78, 5) is 13.1. The third kappa shape index (κ3) is 4.20. The number of thioether (sulfide) groups is 1. The van der Waals surface area contributed by atoms with Gasteiger partial charge in [0.25, 0.3) is 0 Å². The van der Waals surface area contributed by atoms with E-state index in [2.05, 4.69) is 0 Å². The highest BCUT2D eigenvalue weighted by molar-refractivity contribution is 7.98. The topological polar surface area (TPSA) is 26.3 Å². The fourth-order valence-electron chi connectivity index (χ4n) is 2.15. The molecule has 0 aliphatic carbocycles. The standard InChI is InChI=1S/C18H15F3O2S/c1-23-16-11-13(8-10-17(16)24-2)15(22)9-7-12-5-3-4-6-14(12)18(19,20)21/h3-11H,1-2H3. The summed E-state index contributed by atoms with van der Waals surface area (Å²) in [5.74, 6) is 0.162. The predicted molar refractivity (Wildman–Crippen MR) is 89.6 cm³/mol. The highest BCUT2D eigenvalue weighted by Crippen LogP contribution is 2.32. The molecule has 0 aromatic heterocycles. The maximum absolute atomic E-state index is 12.9. The number of carbonyl (C=O) groups excluding carboxylic acids is 1. The van der Waals surface area contributed by atoms with E-state index in [1.807, 2.05) is 6.26 Å². The lowest BCUT2D eigenvalue weighted by Crippen LogP contribution is -2.07. The number of carbonyl (C=O) groups is 1. The number of hydrogen-bond donors (Lipinski definition) is 0. The van der Waals surface area contributed by atoms with Gasteiger partial charge in [0.2, 0.25) is 0 Å².